The first-order chi connectivity index (χ1) is 12.6. The average Bonchev–Trinajstić information content (AvgIpc) is 2.65. The van der Waals surface area contributed by atoms with Gasteiger partial charge in [-0.2, -0.15) is 0 Å². The highest BCUT2D eigenvalue weighted by atomic mass is 16.1. The number of hydrogen-bond donors (Lipinski definition) is 3. The Labute approximate surface area is 152 Å². The van der Waals surface area contributed by atoms with Crippen molar-refractivity contribution in [3.63, 3.8) is 0 Å². The number of nitrogens with two attached hydrogens (primary N) is 1. The number of nitrogens with one attached hydrogen (secondary N) is 2. The maximum atomic E-state index is 12.7. The van der Waals surface area contributed by atoms with Crippen molar-refractivity contribution in [1.29, 1.82) is 0 Å². The molecule has 0 aliphatic heterocycles. The second kappa shape index (κ2) is 7.82. The Balaban J connectivity index is 1.99. The first-order valence-corrected chi connectivity index (χ1v) is 8.65. The van der Waals surface area contributed by atoms with Crippen LogP contribution in [0.1, 0.15) is 29.9 Å². The van der Waals surface area contributed by atoms with Crippen molar-refractivity contribution < 1.29 is 4.79 Å². The van der Waals surface area contributed by atoms with Crippen LogP contribution in [-0.4, -0.2) is 22.4 Å². The van der Waals surface area contributed by atoms with E-state index in [9.17, 15) is 4.79 Å². The molecule has 2 heterocycles. The van der Waals surface area contributed by atoms with Crippen LogP contribution in [0.4, 0.5) is 11.4 Å². The van der Waals surface area contributed by atoms with E-state index in [1.165, 1.54) is 0 Å². The summed E-state index contributed by atoms with van der Waals surface area (Å²) < 4.78 is 0. The lowest BCUT2D eigenvalue weighted by atomic mass is 10.1. The van der Waals surface area contributed by atoms with Crippen LogP contribution in [0.25, 0.3) is 10.9 Å². The van der Waals surface area contributed by atoms with E-state index in [1.807, 2.05) is 30.3 Å². The molecule has 26 heavy (non-hydrogen) atoms. The summed E-state index contributed by atoms with van der Waals surface area (Å²) in [5, 5.41) is 7.12. The van der Waals surface area contributed by atoms with Crippen LogP contribution in [0, 0.1) is 5.92 Å². The van der Waals surface area contributed by atoms with Gasteiger partial charge in [0.25, 0.3) is 5.91 Å². The van der Waals surface area contributed by atoms with Gasteiger partial charge in [0.15, 0.2) is 0 Å². The van der Waals surface area contributed by atoms with Crippen molar-refractivity contribution in [2.75, 3.05) is 17.6 Å². The molecule has 6 heteroatoms. The fraction of sp³-hybridized carbons (Fsp3) is 0.250. The second-order valence-electron chi connectivity index (χ2n) is 6.57. The van der Waals surface area contributed by atoms with Gasteiger partial charge in [-0.1, -0.05) is 32.0 Å². The number of amides is 1. The molecule has 0 atom stereocenters. The smallest absolute Gasteiger partial charge is 0.254 e. The van der Waals surface area contributed by atoms with Crippen molar-refractivity contribution in [2.24, 2.45) is 5.92 Å². The van der Waals surface area contributed by atoms with Crippen molar-refractivity contribution in [2.45, 2.75) is 20.4 Å². The number of hydrogen-bond acceptors (Lipinski definition) is 5. The molecular weight excluding hydrogens is 326 g/mol. The molecule has 0 fully saturated rings. The molecule has 1 amide bonds. The minimum absolute atomic E-state index is 0.154. The average molecular weight is 349 g/mol. The number of nitrogen functional groups attached to an aromatic ring is 1. The minimum Gasteiger partial charge on any atom is -0.397 e. The fourth-order valence-electron chi connectivity index (χ4n) is 2.68. The van der Waals surface area contributed by atoms with E-state index in [4.69, 9.17) is 5.73 Å². The summed E-state index contributed by atoms with van der Waals surface area (Å²) in [7, 11) is 0. The Kier molecular flexibility index (Phi) is 5.31. The summed E-state index contributed by atoms with van der Waals surface area (Å²) in [6, 6.07) is 11.3. The maximum Gasteiger partial charge on any atom is 0.254 e. The van der Waals surface area contributed by atoms with Crippen molar-refractivity contribution >= 4 is 28.2 Å². The van der Waals surface area contributed by atoms with Crippen molar-refractivity contribution in [3.05, 3.63) is 60.0 Å². The highest BCUT2D eigenvalue weighted by Crippen LogP contribution is 2.29. The van der Waals surface area contributed by atoms with Gasteiger partial charge in [0, 0.05) is 24.3 Å². The molecule has 0 saturated carbocycles. The van der Waals surface area contributed by atoms with E-state index in [1.54, 1.807) is 18.5 Å². The normalized spacial score (nSPS) is 10.9. The summed E-state index contributed by atoms with van der Waals surface area (Å²) >= 11 is 0. The third kappa shape index (κ3) is 3.91. The monoisotopic (exact) mass is 349 g/mol. The molecule has 0 saturated heterocycles. The summed E-state index contributed by atoms with van der Waals surface area (Å²) in [5.74, 6) is 0.215. The van der Waals surface area contributed by atoms with E-state index in [0.29, 0.717) is 41.5 Å². The lowest BCUT2D eigenvalue weighted by Gasteiger charge is -2.16. The predicted molar refractivity (Wildman–Crippen MR) is 105 cm³/mol. The fourth-order valence-corrected chi connectivity index (χ4v) is 2.68. The van der Waals surface area contributed by atoms with Crippen LogP contribution in [0.2, 0.25) is 0 Å². The Morgan fingerprint density at radius 3 is 2.73 bits per heavy atom. The van der Waals surface area contributed by atoms with Gasteiger partial charge in [-0.15, -0.1) is 0 Å². The first-order valence-electron chi connectivity index (χ1n) is 8.65. The molecule has 1 aromatic carbocycles. The van der Waals surface area contributed by atoms with Gasteiger partial charge in [0.05, 0.1) is 34.7 Å². The molecule has 0 bridgehead atoms. The molecule has 0 aliphatic rings. The van der Waals surface area contributed by atoms with Gasteiger partial charge in [0.2, 0.25) is 0 Å². The largest absolute Gasteiger partial charge is 0.397 e. The molecule has 134 valence electrons. The lowest BCUT2D eigenvalue weighted by Crippen LogP contribution is -2.28. The zero-order valence-corrected chi connectivity index (χ0v) is 15.0. The molecular formula is C20H23N5O. The predicted octanol–water partition coefficient (Wildman–Crippen LogP) is 3.21. The highest BCUT2D eigenvalue weighted by Gasteiger charge is 2.16. The zero-order chi connectivity index (χ0) is 18.5. The van der Waals surface area contributed by atoms with Crippen LogP contribution in [-0.2, 0) is 6.54 Å². The third-order valence-electron chi connectivity index (χ3n) is 4.02. The highest BCUT2D eigenvalue weighted by molar-refractivity contribution is 6.09. The number of para-hydroxylation sites is 1. The van der Waals surface area contributed by atoms with E-state index >= 15 is 0 Å². The minimum atomic E-state index is -0.154. The number of rotatable bonds is 6. The topological polar surface area (TPSA) is 92.9 Å². The van der Waals surface area contributed by atoms with Crippen molar-refractivity contribution in [1.82, 2.24) is 15.3 Å². The van der Waals surface area contributed by atoms with Crippen LogP contribution in [0.3, 0.4) is 0 Å². The Bertz CT molecular complexity index is 909. The molecule has 0 unspecified atom stereocenters. The molecule has 4 N–H and O–H groups in total. The molecule has 3 rings (SSSR count). The number of carbonyl (C=O) groups is 1. The molecule has 0 spiro atoms. The van der Waals surface area contributed by atoms with E-state index < -0.39 is 0 Å². The number of aromatic nitrogens is 2. The summed E-state index contributed by atoms with van der Waals surface area (Å²) in [4.78, 5) is 21.4. The SMILES string of the molecule is CC(C)CNC(=O)c1cnc2c(N)cccc2c1NCc1ccccn1. The van der Waals surface area contributed by atoms with Crippen molar-refractivity contribution in [3.8, 4) is 0 Å². The number of anilines is 2. The molecule has 0 aliphatic carbocycles. The quantitative estimate of drug-likeness (QED) is 0.594. The Hall–Kier alpha value is -3.15. The number of fused-ring (bicyclic) bond motifs is 1. The summed E-state index contributed by atoms with van der Waals surface area (Å²) in [5.41, 5.74) is 9.41. The van der Waals surface area contributed by atoms with Gasteiger partial charge in [-0.05, 0) is 24.1 Å². The Morgan fingerprint density at radius 2 is 2.00 bits per heavy atom. The van der Waals surface area contributed by atoms with Crippen LogP contribution in [0.15, 0.2) is 48.8 Å². The number of carbonyl (C=O) groups excluding carboxylic acids is 1. The van der Waals surface area contributed by atoms with Gasteiger partial charge < -0.3 is 16.4 Å². The van der Waals surface area contributed by atoms with Gasteiger partial charge >= 0.3 is 0 Å². The van der Waals surface area contributed by atoms with E-state index in [2.05, 4.69) is 34.4 Å². The van der Waals surface area contributed by atoms with Crippen LogP contribution < -0.4 is 16.4 Å². The van der Waals surface area contributed by atoms with Gasteiger partial charge in [0.1, 0.15) is 0 Å². The Morgan fingerprint density at radius 1 is 1.15 bits per heavy atom. The van der Waals surface area contributed by atoms with Gasteiger partial charge in [-0.25, -0.2) is 0 Å². The van der Waals surface area contributed by atoms with Crippen LogP contribution in [0.5, 0.6) is 0 Å². The number of pyridine rings is 2. The summed E-state index contributed by atoms with van der Waals surface area (Å²) in [6.45, 7) is 5.21. The standard InChI is InChI=1S/C20H23N5O/c1-13(2)10-25-20(26)16-12-24-19-15(7-5-8-17(19)21)18(16)23-11-14-6-3-4-9-22-14/h3-9,12-13H,10-11,21H2,1-2H3,(H,23,24)(H,25,26). The molecule has 3 aromatic rings. The third-order valence-corrected chi connectivity index (χ3v) is 4.02. The molecule has 0 radical (unpaired) electrons. The zero-order valence-electron chi connectivity index (χ0n) is 15.0. The van der Waals surface area contributed by atoms with E-state index in [-0.39, 0.29) is 5.91 Å². The summed E-state index contributed by atoms with van der Waals surface area (Å²) in [6.07, 6.45) is 3.32. The maximum absolute atomic E-state index is 12.7. The van der Waals surface area contributed by atoms with Crippen LogP contribution >= 0.6 is 0 Å². The molecule has 2 aromatic heterocycles. The van der Waals surface area contributed by atoms with Gasteiger partial charge in [-0.3, -0.25) is 14.8 Å². The lowest BCUT2D eigenvalue weighted by molar-refractivity contribution is 0.0949. The first kappa shape index (κ1) is 17.7. The number of benzene rings is 1. The second-order valence-corrected chi connectivity index (χ2v) is 6.57. The number of nitrogens with zero attached hydrogens (tertiary/aromatic N) is 2. The van der Waals surface area contributed by atoms with E-state index in [0.717, 1.165) is 11.1 Å². The molecule has 6 nitrogen and oxygen atoms in total.